The summed E-state index contributed by atoms with van der Waals surface area (Å²) in [6.07, 6.45) is 5.72. The van der Waals surface area contributed by atoms with Crippen molar-refractivity contribution in [2.75, 3.05) is 6.54 Å². The monoisotopic (exact) mass is 388 g/mol. The molecule has 0 aliphatic heterocycles. The number of hydrogen-bond donors (Lipinski definition) is 4. The summed E-state index contributed by atoms with van der Waals surface area (Å²) >= 11 is 0. The third-order valence-corrected chi connectivity index (χ3v) is 5.56. The molecule has 7 heteroatoms. The standard InChI is InChI=1S/C21H33BN2O4/c1-16(2)12-19(22(27)28)24-20(26)18(13-17-8-4-3-5-9-17)23-14-21(15-25)10-6-7-11-21/h3-5,8-9,15-16,18-19,23,27-28H,6-7,10-14H2,1-2H3,(H,24,26)/t18-,19-/m0/s1. The van der Waals surface area contributed by atoms with Crippen LogP contribution in [0.5, 0.6) is 0 Å². The van der Waals surface area contributed by atoms with Gasteiger partial charge in [0.2, 0.25) is 5.91 Å². The van der Waals surface area contributed by atoms with Crippen LogP contribution < -0.4 is 10.6 Å². The molecule has 1 aliphatic rings. The Morgan fingerprint density at radius 3 is 2.39 bits per heavy atom. The topological polar surface area (TPSA) is 98.7 Å². The van der Waals surface area contributed by atoms with E-state index < -0.39 is 24.5 Å². The average molecular weight is 388 g/mol. The van der Waals surface area contributed by atoms with Gasteiger partial charge in [-0.05, 0) is 37.2 Å². The molecule has 1 saturated carbocycles. The van der Waals surface area contributed by atoms with Gasteiger partial charge in [0.1, 0.15) is 6.29 Å². The van der Waals surface area contributed by atoms with Crippen molar-refractivity contribution in [2.24, 2.45) is 11.3 Å². The lowest BCUT2D eigenvalue weighted by Gasteiger charge is -2.28. The molecule has 0 radical (unpaired) electrons. The highest BCUT2D eigenvalue weighted by atomic mass is 16.4. The summed E-state index contributed by atoms with van der Waals surface area (Å²) in [5, 5.41) is 25.4. The lowest BCUT2D eigenvalue weighted by Crippen LogP contribution is -2.55. The first-order chi connectivity index (χ1) is 13.3. The Morgan fingerprint density at radius 1 is 1.21 bits per heavy atom. The quantitative estimate of drug-likeness (QED) is 0.340. The van der Waals surface area contributed by atoms with E-state index in [-0.39, 0.29) is 11.8 Å². The zero-order valence-electron chi connectivity index (χ0n) is 16.9. The van der Waals surface area contributed by atoms with Crippen molar-refractivity contribution < 1.29 is 19.6 Å². The van der Waals surface area contributed by atoms with Crippen molar-refractivity contribution in [1.29, 1.82) is 0 Å². The lowest BCUT2D eigenvalue weighted by atomic mass is 9.75. The van der Waals surface area contributed by atoms with Gasteiger partial charge in [-0.1, -0.05) is 57.0 Å². The van der Waals surface area contributed by atoms with Crippen molar-refractivity contribution >= 4 is 19.3 Å². The van der Waals surface area contributed by atoms with Gasteiger partial charge in [0.15, 0.2) is 0 Å². The van der Waals surface area contributed by atoms with Gasteiger partial charge in [0, 0.05) is 12.0 Å². The van der Waals surface area contributed by atoms with E-state index in [0.717, 1.165) is 37.5 Å². The van der Waals surface area contributed by atoms with E-state index in [2.05, 4.69) is 10.6 Å². The fraction of sp³-hybridized carbons (Fsp3) is 0.619. The fourth-order valence-electron chi connectivity index (χ4n) is 3.90. The highest BCUT2D eigenvalue weighted by Crippen LogP contribution is 2.35. The molecule has 2 atom stereocenters. The Kier molecular flexibility index (Phi) is 8.67. The van der Waals surface area contributed by atoms with Gasteiger partial charge in [0.05, 0.1) is 12.0 Å². The second-order valence-corrected chi connectivity index (χ2v) is 8.47. The number of amides is 1. The SMILES string of the molecule is CC(C)C[C@H](NC(=O)[C@H](Cc1ccccc1)NCC1(C=O)CCCC1)B(O)O. The van der Waals surface area contributed by atoms with Crippen LogP contribution in [0.3, 0.4) is 0 Å². The zero-order valence-corrected chi connectivity index (χ0v) is 16.9. The van der Waals surface area contributed by atoms with E-state index in [1.807, 2.05) is 44.2 Å². The number of carbonyl (C=O) groups is 2. The van der Waals surface area contributed by atoms with Crippen LogP contribution in [0.15, 0.2) is 30.3 Å². The summed E-state index contributed by atoms with van der Waals surface area (Å²) in [6.45, 7) is 4.39. The molecule has 0 spiro atoms. The summed E-state index contributed by atoms with van der Waals surface area (Å²) in [7, 11) is -1.61. The molecular formula is C21H33BN2O4. The smallest absolute Gasteiger partial charge is 0.426 e. The van der Waals surface area contributed by atoms with Crippen molar-refractivity contribution in [3.8, 4) is 0 Å². The molecule has 0 bridgehead atoms. The first kappa shape index (κ1) is 22.6. The van der Waals surface area contributed by atoms with Gasteiger partial charge in [-0.15, -0.1) is 0 Å². The normalized spacial score (nSPS) is 17.9. The van der Waals surface area contributed by atoms with Crippen LogP contribution >= 0.6 is 0 Å². The molecule has 1 aliphatic carbocycles. The maximum atomic E-state index is 13.0. The molecule has 0 aromatic heterocycles. The molecule has 1 fully saturated rings. The highest BCUT2D eigenvalue weighted by molar-refractivity contribution is 6.43. The van der Waals surface area contributed by atoms with E-state index in [9.17, 15) is 19.6 Å². The van der Waals surface area contributed by atoms with Gasteiger partial charge in [-0.3, -0.25) is 4.79 Å². The van der Waals surface area contributed by atoms with Crippen LogP contribution in [0.4, 0.5) is 0 Å². The Morgan fingerprint density at radius 2 is 1.86 bits per heavy atom. The number of aldehydes is 1. The lowest BCUT2D eigenvalue weighted by molar-refractivity contribution is -0.124. The van der Waals surface area contributed by atoms with Gasteiger partial charge < -0.3 is 25.5 Å². The Balaban J connectivity index is 2.09. The predicted octanol–water partition coefficient (Wildman–Crippen LogP) is 1.49. The molecular weight excluding hydrogens is 355 g/mol. The van der Waals surface area contributed by atoms with E-state index in [4.69, 9.17) is 0 Å². The summed E-state index contributed by atoms with van der Waals surface area (Å²) in [4.78, 5) is 24.6. The number of rotatable bonds is 11. The number of hydrogen-bond acceptors (Lipinski definition) is 5. The zero-order chi connectivity index (χ0) is 20.6. The van der Waals surface area contributed by atoms with Crippen LogP contribution in [-0.2, 0) is 16.0 Å². The molecule has 154 valence electrons. The Bertz CT molecular complexity index is 618. The minimum Gasteiger partial charge on any atom is -0.426 e. The minimum absolute atomic E-state index is 0.212. The molecule has 1 aromatic carbocycles. The van der Waals surface area contributed by atoms with Gasteiger partial charge in [0.25, 0.3) is 0 Å². The summed E-state index contributed by atoms with van der Waals surface area (Å²) in [5.41, 5.74) is 0.606. The molecule has 6 nitrogen and oxygen atoms in total. The third-order valence-electron chi connectivity index (χ3n) is 5.56. The average Bonchev–Trinajstić information content (AvgIpc) is 3.14. The molecule has 28 heavy (non-hydrogen) atoms. The maximum absolute atomic E-state index is 13.0. The largest absolute Gasteiger partial charge is 0.475 e. The second kappa shape index (κ2) is 10.7. The minimum atomic E-state index is -1.61. The number of nitrogens with one attached hydrogen (secondary N) is 2. The molecule has 0 saturated heterocycles. The Hall–Kier alpha value is -1.70. The van der Waals surface area contributed by atoms with Gasteiger partial charge in [-0.25, -0.2) is 0 Å². The second-order valence-electron chi connectivity index (χ2n) is 8.47. The third kappa shape index (κ3) is 6.72. The van der Waals surface area contributed by atoms with Crippen LogP contribution in [0, 0.1) is 11.3 Å². The van der Waals surface area contributed by atoms with Gasteiger partial charge in [-0.2, -0.15) is 0 Å². The molecule has 0 heterocycles. The predicted molar refractivity (Wildman–Crippen MR) is 110 cm³/mol. The highest BCUT2D eigenvalue weighted by Gasteiger charge is 2.35. The summed E-state index contributed by atoms with van der Waals surface area (Å²) in [6, 6.07) is 9.14. The Labute approximate surface area is 168 Å². The van der Waals surface area contributed by atoms with Crippen molar-refractivity contribution in [3.63, 3.8) is 0 Å². The van der Waals surface area contributed by atoms with Crippen LogP contribution in [0.1, 0.15) is 51.5 Å². The fourth-order valence-corrected chi connectivity index (χ4v) is 3.90. The molecule has 1 amide bonds. The van der Waals surface area contributed by atoms with Gasteiger partial charge >= 0.3 is 7.12 Å². The van der Waals surface area contributed by atoms with E-state index >= 15 is 0 Å². The first-order valence-electron chi connectivity index (χ1n) is 10.3. The molecule has 1 aromatic rings. The number of carbonyl (C=O) groups excluding carboxylic acids is 2. The first-order valence-corrected chi connectivity index (χ1v) is 10.3. The molecule has 2 rings (SSSR count). The summed E-state index contributed by atoms with van der Waals surface area (Å²) in [5.74, 6) is -0.787. The van der Waals surface area contributed by atoms with Crippen LogP contribution in [0.2, 0.25) is 0 Å². The van der Waals surface area contributed by atoms with E-state index in [1.54, 1.807) is 0 Å². The van der Waals surface area contributed by atoms with E-state index in [1.165, 1.54) is 0 Å². The maximum Gasteiger partial charge on any atom is 0.475 e. The van der Waals surface area contributed by atoms with Crippen LogP contribution in [0.25, 0.3) is 0 Å². The molecule has 0 unspecified atom stereocenters. The van der Waals surface area contributed by atoms with Crippen molar-refractivity contribution in [2.45, 2.75) is 64.4 Å². The van der Waals surface area contributed by atoms with Crippen molar-refractivity contribution in [1.82, 2.24) is 10.6 Å². The van der Waals surface area contributed by atoms with Crippen molar-refractivity contribution in [3.05, 3.63) is 35.9 Å². The van der Waals surface area contributed by atoms with Crippen LogP contribution in [-0.4, -0.2) is 47.9 Å². The van der Waals surface area contributed by atoms with E-state index in [0.29, 0.717) is 19.4 Å². The molecule has 4 N–H and O–H groups in total. The number of benzene rings is 1. The summed E-state index contributed by atoms with van der Waals surface area (Å²) < 4.78 is 0.